The molecule has 2 heterocycles. The summed E-state index contributed by atoms with van der Waals surface area (Å²) in [6.45, 7) is 3.04. The van der Waals surface area contributed by atoms with E-state index in [-0.39, 0.29) is 6.04 Å². The summed E-state index contributed by atoms with van der Waals surface area (Å²) in [7, 11) is 0. The topological polar surface area (TPSA) is 43.8 Å². The first-order valence-electron chi connectivity index (χ1n) is 7.45. The van der Waals surface area contributed by atoms with E-state index in [0.29, 0.717) is 0 Å². The number of nitrogens with zero attached hydrogens (tertiary/aromatic N) is 2. The Hall–Kier alpha value is -2.13. The van der Waals surface area contributed by atoms with E-state index in [1.54, 1.807) is 0 Å². The number of aromatic nitrogens is 2. The third kappa shape index (κ3) is 3.14. The first-order chi connectivity index (χ1) is 10.2. The van der Waals surface area contributed by atoms with Crippen LogP contribution >= 0.6 is 0 Å². The molecule has 3 rings (SSSR count). The van der Waals surface area contributed by atoms with Gasteiger partial charge in [0.1, 0.15) is 0 Å². The molecule has 0 aliphatic rings. The van der Waals surface area contributed by atoms with Crippen LogP contribution in [-0.4, -0.2) is 15.6 Å². The Morgan fingerprint density at radius 3 is 2.71 bits per heavy atom. The van der Waals surface area contributed by atoms with Gasteiger partial charge < -0.3 is 10.3 Å². The van der Waals surface area contributed by atoms with Gasteiger partial charge in [-0.2, -0.15) is 0 Å². The van der Waals surface area contributed by atoms with E-state index < -0.39 is 0 Å². The maximum Gasteiger partial charge on any atom is 0.0483 e. The van der Waals surface area contributed by atoms with Gasteiger partial charge in [0.15, 0.2) is 0 Å². The summed E-state index contributed by atoms with van der Waals surface area (Å²) in [5.74, 6) is 0. The molecule has 0 saturated heterocycles. The lowest BCUT2D eigenvalue weighted by atomic mass is 10.0. The Labute approximate surface area is 125 Å². The van der Waals surface area contributed by atoms with Crippen LogP contribution in [0.5, 0.6) is 0 Å². The highest BCUT2D eigenvalue weighted by Crippen LogP contribution is 2.21. The van der Waals surface area contributed by atoms with Crippen molar-refractivity contribution in [1.29, 1.82) is 0 Å². The van der Waals surface area contributed by atoms with Crippen molar-refractivity contribution in [2.24, 2.45) is 5.73 Å². The molecule has 0 aliphatic carbocycles. The van der Waals surface area contributed by atoms with Crippen LogP contribution in [0.15, 0.2) is 55.0 Å². The number of hydrogen-bond acceptors (Lipinski definition) is 2. The van der Waals surface area contributed by atoms with Crippen LogP contribution in [0.3, 0.4) is 0 Å². The van der Waals surface area contributed by atoms with Crippen LogP contribution in [0.1, 0.15) is 18.1 Å². The molecule has 3 aromatic rings. The molecule has 1 atom stereocenters. The van der Waals surface area contributed by atoms with Crippen molar-refractivity contribution in [3.8, 4) is 0 Å². The molecule has 0 fully saturated rings. The van der Waals surface area contributed by atoms with Crippen molar-refractivity contribution >= 4 is 10.9 Å². The van der Waals surface area contributed by atoms with Crippen molar-refractivity contribution in [3.63, 3.8) is 0 Å². The highest BCUT2D eigenvalue weighted by Gasteiger charge is 2.07. The monoisotopic (exact) mass is 279 g/mol. The molecule has 3 nitrogen and oxygen atoms in total. The van der Waals surface area contributed by atoms with Crippen LogP contribution in [0.25, 0.3) is 10.9 Å². The van der Waals surface area contributed by atoms with Crippen molar-refractivity contribution in [2.45, 2.75) is 32.4 Å². The normalized spacial score (nSPS) is 12.7. The van der Waals surface area contributed by atoms with Gasteiger partial charge in [-0.3, -0.25) is 4.98 Å². The molecule has 108 valence electrons. The van der Waals surface area contributed by atoms with E-state index in [1.807, 2.05) is 12.4 Å². The van der Waals surface area contributed by atoms with Crippen molar-refractivity contribution in [1.82, 2.24) is 9.55 Å². The second-order valence-corrected chi connectivity index (χ2v) is 5.65. The molecule has 0 bridgehead atoms. The molecule has 2 aromatic heterocycles. The molecular formula is C18H21N3. The largest absolute Gasteiger partial charge is 0.347 e. The van der Waals surface area contributed by atoms with Gasteiger partial charge in [-0.1, -0.05) is 12.1 Å². The van der Waals surface area contributed by atoms with Gasteiger partial charge in [-0.15, -0.1) is 0 Å². The van der Waals surface area contributed by atoms with Crippen molar-refractivity contribution in [2.75, 3.05) is 0 Å². The molecule has 0 amide bonds. The minimum atomic E-state index is 0.191. The number of aryl methyl sites for hydroxylation is 2. The average molecular weight is 279 g/mol. The average Bonchev–Trinajstić information content (AvgIpc) is 2.90. The fourth-order valence-electron chi connectivity index (χ4n) is 2.81. The van der Waals surface area contributed by atoms with E-state index in [2.05, 4.69) is 59.1 Å². The van der Waals surface area contributed by atoms with Crippen LogP contribution in [-0.2, 0) is 19.4 Å². The summed E-state index contributed by atoms with van der Waals surface area (Å²) in [6, 6.07) is 13.0. The molecule has 0 spiro atoms. The van der Waals surface area contributed by atoms with Gasteiger partial charge in [-0.05, 0) is 55.2 Å². The Morgan fingerprint density at radius 2 is 1.95 bits per heavy atom. The summed E-state index contributed by atoms with van der Waals surface area (Å²) in [5.41, 5.74) is 9.89. The van der Waals surface area contributed by atoms with Gasteiger partial charge in [-0.25, -0.2) is 0 Å². The zero-order valence-corrected chi connectivity index (χ0v) is 12.4. The first kappa shape index (κ1) is 13.8. The van der Waals surface area contributed by atoms with Gasteiger partial charge in [0.2, 0.25) is 0 Å². The molecule has 1 unspecified atom stereocenters. The first-order valence-corrected chi connectivity index (χ1v) is 7.45. The molecular weight excluding hydrogens is 258 g/mol. The summed E-state index contributed by atoms with van der Waals surface area (Å²) in [4.78, 5) is 4.06. The smallest absolute Gasteiger partial charge is 0.0483 e. The predicted molar refractivity (Wildman–Crippen MR) is 87.2 cm³/mol. The maximum absolute atomic E-state index is 5.94. The number of hydrogen-bond donors (Lipinski definition) is 1. The van der Waals surface area contributed by atoms with Gasteiger partial charge in [0.25, 0.3) is 0 Å². The van der Waals surface area contributed by atoms with E-state index >= 15 is 0 Å². The standard InChI is InChI=1S/C18H21N3/c1-14(19)13-16-3-2-4-18-17(16)8-12-21(18)11-7-15-5-9-20-10-6-15/h2-6,8-10,12,14H,7,11,13,19H2,1H3. The van der Waals surface area contributed by atoms with Gasteiger partial charge >= 0.3 is 0 Å². The van der Waals surface area contributed by atoms with Crippen LogP contribution in [0.2, 0.25) is 0 Å². The van der Waals surface area contributed by atoms with Crippen LogP contribution in [0.4, 0.5) is 0 Å². The lowest BCUT2D eigenvalue weighted by molar-refractivity contribution is 0.721. The highest BCUT2D eigenvalue weighted by atomic mass is 14.9. The number of pyridine rings is 1. The molecule has 3 heteroatoms. The van der Waals surface area contributed by atoms with E-state index in [4.69, 9.17) is 5.73 Å². The fourth-order valence-corrected chi connectivity index (χ4v) is 2.81. The number of nitrogens with two attached hydrogens (primary N) is 1. The summed E-state index contributed by atoms with van der Waals surface area (Å²) in [5, 5.41) is 1.32. The summed E-state index contributed by atoms with van der Waals surface area (Å²) < 4.78 is 2.32. The Balaban J connectivity index is 1.83. The van der Waals surface area contributed by atoms with Crippen LogP contribution < -0.4 is 5.73 Å². The predicted octanol–water partition coefficient (Wildman–Crippen LogP) is 3.17. The Kier molecular flexibility index (Phi) is 4.02. The molecule has 0 aliphatic heterocycles. The molecule has 21 heavy (non-hydrogen) atoms. The summed E-state index contributed by atoms with van der Waals surface area (Å²) >= 11 is 0. The molecule has 0 radical (unpaired) electrons. The van der Waals surface area contributed by atoms with E-state index in [0.717, 1.165) is 19.4 Å². The van der Waals surface area contributed by atoms with Crippen molar-refractivity contribution in [3.05, 3.63) is 66.1 Å². The SMILES string of the molecule is CC(N)Cc1cccc2c1ccn2CCc1ccncc1. The fraction of sp³-hybridized carbons (Fsp3) is 0.278. The minimum Gasteiger partial charge on any atom is -0.347 e. The van der Waals surface area contributed by atoms with Crippen LogP contribution in [0, 0.1) is 0 Å². The number of benzene rings is 1. The molecule has 0 saturated carbocycles. The zero-order chi connectivity index (χ0) is 14.7. The quantitative estimate of drug-likeness (QED) is 0.779. The molecule has 2 N–H and O–H groups in total. The van der Waals surface area contributed by atoms with Gasteiger partial charge in [0.05, 0.1) is 0 Å². The van der Waals surface area contributed by atoms with E-state index in [9.17, 15) is 0 Å². The number of fused-ring (bicyclic) bond motifs is 1. The number of rotatable bonds is 5. The van der Waals surface area contributed by atoms with E-state index in [1.165, 1.54) is 22.0 Å². The third-order valence-corrected chi connectivity index (χ3v) is 3.84. The second kappa shape index (κ2) is 6.10. The second-order valence-electron chi connectivity index (χ2n) is 5.65. The van der Waals surface area contributed by atoms with Gasteiger partial charge in [0, 0.05) is 42.1 Å². The Morgan fingerprint density at radius 1 is 1.14 bits per heavy atom. The zero-order valence-electron chi connectivity index (χ0n) is 12.4. The van der Waals surface area contributed by atoms with Crippen molar-refractivity contribution < 1.29 is 0 Å². The third-order valence-electron chi connectivity index (χ3n) is 3.84. The lowest BCUT2D eigenvalue weighted by Gasteiger charge is -2.09. The maximum atomic E-state index is 5.94. The lowest BCUT2D eigenvalue weighted by Crippen LogP contribution is -2.17. The minimum absolute atomic E-state index is 0.191. The summed E-state index contributed by atoms with van der Waals surface area (Å²) in [6.07, 6.45) is 7.82. The highest BCUT2D eigenvalue weighted by molar-refractivity contribution is 5.83. The Bertz CT molecular complexity index is 714. The molecule has 1 aromatic carbocycles.